The van der Waals surface area contributed by atoms with E-state index in [4.69, 9.17) is 10.5 Å². The topological polar surface area (TPSA) is 50.5 Å². The van der Waals surface area contributed by atoms with Crippen molar-refractivity contribution in [1.82, 2.24) is 0 Å². The van der Waals surface area contributed by atoms with Crippen LogP contribution in [0.15, 0.2) is 12.1 Å². The van der Waals surface area contributed by atoms with E-state index in [1.165, 1.54) is 48.2 Å². The number of anilines is 2. The number of nitrogens with zero attached hydrogens (tertiary/aromatic N) is 1. The normalized spacial score (nSPS) is 30.4. The average Bonchev–Trinajstić information content (AvgIpc) is 2.57. The molecule has 4 heteroatoms. The SMILES string of the molecule is Cc1c(NC[C@H]2CC[C@H](N)CC2)ccc(N2CC(C)OC(C)C2)c1C. The molecule has 1 aromatic carbocycles. The van der Waals surface area contributed by atoms with Crippen LogP contribution in [0.5, 0.6) is 0 Å². The minimum Gasteiger partial charge on any atom is -0.385 e. The van der Waals surface area contributed by atoms with Gasteiger partial charge in [0.2, 0.25) is 0 Å². The Labute approximate surface area is 153 Å². The maximum Gasteiger partial charge on any atom is 0.0726 e. The van der Waals surface area contributed by atoms with Gasteiger partial charge < -0.3 is 20.7 Å². The van der Waals surface area contributed by atoms with Crippen molar-refractivity contribution in [3.63, 3.8) is 0 Å². The fraction of sp³-hybridized carbons (Fsp3) is 0.714. The van der Waals surface area contributed by atoms with Gasteiger partial charge >= 0.3 is 0 Å². The van der Waals surface area contributed by atoms with Gasteiger partial charge in [0.15, 0.2) is 0 Å². The van der Waals surface area contributed by atoms with E-state index >= 15 is 0 Å². The molecule has 0 spiro atoms. The number of nitrogens with one attached hydrogen (secondary N) is 1. The molecule has 140 valence electrons. The summed E-state index contributed by atoms with van der Waals surface area (Å²) in [6.07, 6.45) is 5.45. The lowest BCUT2D eigenvalue weighted by molar-refractivity contribution is -0.00524. The molecule has 0 bridgehead atoms. The number of rotatable bonds is 4. The minimum atomic E-state index is 0.291. The van der Waals surface area contributed by atoms with E-state index in [2.05, 4.69) is 50.0 Å². The summed E-state index contributed by atoms with van der Waals surface area (Å²) >= 11 is 0. The van der Waals surface area contributed by atoms with Gasteiger partial charge in [-0.3, -0.25) is 0 Å². The molecule has 2 atom stereocenters. The second-order valence-corrected chi connectivity index (χ2v) is 8.21. The third-order valence-electron chi connectivity index (χ3n) is 5.99. The van der Waals surface area contributed by atoms with Crippen LogP contribution in [0.1, 0.15) is 50.7 Å². The number of ether oxygens (including phenoxy) is 1. The van der Waals surface area contributed by atoms with Crippen molar-refractivity contribution in [2.75, 3.05) is 29.9 Å². The Morgan fingerprint density at radius 2 is 1.68 bits per heavy atom. The highest BCUT2D eigenvalue weighted by molar-refractivity contribution is 5.66. The van der Waals surface area contributed by atoms with Crippen molar-refractivity contribution in [2.45, 2.75) is 71.6 Å². The van der Waals surface area contributed by atoms with Gasteiger partial charge in [-0.25, -0.2) is 0 Å². The van der Waals surface area contributed by atoms with Crippen molar-refractivity contribution in [1.29, 1.82) is 0 Å². The van der Waals surface area contributed by atoms with Crippen LogP contribution in [-0.4, -0.2) is 37.9 Å². The van der Waals surface area contributed by atoms with Crippen LogP contribution in [0, 0.1) is 19.8 Å². The first-order valence-corrected chi connectivity index (χ1v) is 9.94. The highest BCUT2D eigenvalue weighted by atomic mass is 16.5. The summed E-state index contributed by atoms with van der Waals surface area (Å²) in [6.45, 7) is 11.8. The van der Waals surface area contributed by atoms with E-state index in [1.807, 2.05) is 0 Å². The first-order chi connectivity index (χ1) is 11.9. The van der Waals surface area contributed by atoms with Crippen molar-refractivity contribution in [3.05, 3.63) is 23.3 Å². The maximum atomic E-state index is 6.02. The molecule has 1 saturated carbocycles. The lowest BCUT2D eigenvalue weighted by atomic mass is 9.86. The number of morpholine rings is 1. The van der Waals surface area contributed by atoms with Crippen LogP contribution < -0.4 is 16.0 Å². The van der Waals surface area contributed by atoms with Gasteiger partial charge in [-0.05, 0) is 82.6 Å². The smallest absolute Gasteiger partial charge is 0.0726 e. The first kappa shape index (κ1) is 18.5. The number of nitrogens with two attached hydrogens (primary N) is 1. The van der Waals surface area contributed by atoms with Gasteiger partial charge in [-0.1, -0.05) is 0 Å². The Kier molecular flexibility index (Phi) is 5.90. The van der Waals surface area contributed by atoms with Crippen molar-refractivity contribution < 1.29 is 4.74 Å². The molecule has 1 aliphatic carbocycles. The summed E-state index contributed by atoms with van der Waals surface area (Å²) in [5.41, 5.74) is 11.4. The predicted octanol–water partition coefficient (Wildman–Crippen LogP) is 3.85. The van der Waals surface area contributed by atoms with E-state index in [1.54, 1.807) is 0 Å². The summed E-state index contributed by atoms with van der Waals surface area (Å²) < 4.78 is 5.88. The largest absolute Gasteiger partial charge is 0.385 e. The number of hydrogen-bond donors (Lipinski definition) is 2. The summed E-state index contributed by atoms with van der Waals surface area (Å²) in [5, 5.41) is 3.70. The summed E-state index contributed by atoms with van der Waals surface area (Å²) in [4.78, 5) is 2.48. The molecule has 1 heterocycles. The summed E-state index contributed by atoms with van der Waals surface area (Å²) in [6, 6.07) is 4.97. The Balaban J connectivity index is 1.66. The zero-order valence-electron chi connectivity index (χ0n) is 16.3. The molecule has 1 saturated heterocycles. The second-order valence-electron chi connectivity index (χ2n) is 8.21. The van der Waals surface area contributed by atoms with Crippen LogP contribution in [0.25, 0.3) is 0 Å². The lowest BCUT2D eigenvalue weighted by Gasteiger charge is -2.38. The summed E-state index contributed by atoms with van der Waals surface area (Å²) in [5.74, 6) is 0.764. The number of hydrogen-bond acceptors (Lipinski definition) is 4. The fourth-order valence-corrected chi connectivity index (χ4v) is 4.36. The van der Waals surface area contributed by atoms with Crippen molar-refractivity contribution >= 4 is 11.4 Å². The third kappa shape index (κ3) is 4.48. The molecule has 2 unspecified atom stereocenters. The molecular formula is C21H35N3O. The van der Waals surface area contributed by atoms with Crippen LogP contribution in [0.4, 0.5) is 11.4 Å². The van der Waals surface area contributed by atoms with Gasteiger partial charge in [0.05, 0.1) is 12.2 Å². The van der Waals surface area contributed by atoms with E-state index in [-0.39, 0.29) is 0 Å². The highest BCUT2D eigenvalue weighted by Gasteiger charge is 2.24. The van der Waals surface area contributed by atoms with Crippen molar-refractivity contribution in [2.24, 2.45) is 11.7 Å². The Morgan fingerprint density at radius 1 is 1.04 bits per heavy atom. The van der Waals surface area contributed by atoms with E-state index < -0.39 is 0 Å². The molecule has 2 aliphatic rings. The fourth-order valence-electron chi connectivity index (χ4n) is 4.36. The molecule has 0 amide bonds. The molecule has 0 aromatic heterocycles. The summed E-state index contributed by atoms with van der Waals surface area (Å²) in [7, 11) is 0. The molecule has 3 rings (SSSR count). The van der Waals surface area contributed by atoms with E-state index in [0.717, 1.165) is 25.6 Å². The molecule has 3 N–H and O–H groups in total. The zero-order chi connectivity index (χ0) is 18.0. The van der Waals surface area contributed by atoms with Gasteiger partial charge in [-0.2, -0.15) is 0 Å². The quantitative estimate of drug-likeness (QED) is 0.870. The minimum absolute atomic E-state index is 0.291. The molecule has 2 fully saturated rings. The van der Waals surface area contributed by atoms with Gasteiger partial charge in [0.1, 0.15) is 0 Å². The van der Waals surface area contributed by atoms with E-state index in [9.17, 15) is 0 Å². The average molecular weight is 346 g/mol. The molecule has 25 heavy (non-hydrogen) atoms. The molecule has 1 aromatic rings. The predicted molar refractivity (Wildman–Crippen MR) is 107 cm³/mol. The molecular weight excluding hydrogens is 310 g/mol. The number of benzene rings is 1. The highest BCUT2D eigenvalue weighted by Crippen LogP contribution is 2.31. The maximum absolute atomic E-state index is 6.02. The Bertz CT molecular complexity index is 571. The van der Waals surface area contributed by atoms with Crippen molar-refractivity contribution in [3.8, 4) is 0 Å². The first-order valence-electron chi connectivity index (χ1n) is 9.94. The Hall–Kier alpha value is -1.26. The van der Waals surface area contributed by atoms with Crippen LogP contribution in [-0.2, 0) is 4.74 Å². The van der Waals surface area contributed by atoms with Gasteiger partial charge in [-0.15, -0.1) is 0 Å². The third-order valence-corrected chi connectivity index (χ3v) is 5.99. The second kappa shape index (κ2) is 7.96. The van der Waals surface area contributed by atoms with Crippen LogP contribution >= 0.6 is 0 Å². The lowest BCUT2D eigenvalue weighted by Crippen LogP contribution is -2.45. The zero-order valence-corrected chi connectivity index (χ0v) is 16.3. The van der Waals surface area contributed by atoms with Crippen LogP contribution in [0.3, 0.4) is 0 Å². The van der Waals surface area contributed by atoms with E-state index in [0.29, 0.717) is 18.2 Å². The van der Waals surface area contributed by atoms with Gasteiger partial charge in [0, 0.05) is 37.1 Å². The standard InChI is InChI=1S/C21H35N3O/c1-14-12-24(13-15(2)25-14)21-10-9-20(16(3)17(21)4)23-11-18-5-7-19(22)8-6-18/h9-10,14-15,18-19,23H,5-8,11-13,22H2,1-4H3/t14?,15?,18-,19-. The molecule has 0 radical (unpaired) electrons. The van der Waals surface area contributed by atoms with Crippen LogP contribution in [0.2, 0.25) is 0 Å². The molecule has 1 aliphatic heterocycles. The van der Waals surface area contributed by atoms with Gasteiger partial charge in [0.25, 0.3) is 0 Å². The Morgan fingerprint density at radius 3 is 2.32 bits per heavy atom. The molecule has 4 nitrogen and oxygen atoms in total. The monoisotopic (exact) mass is 345 g/mol.